The van der Waals surface area contributed by atoms with Crippen LogP contribution in [0.5, 0.6) is 0 Å². The number of hydrogen-bond donors (Lipinski definition) is 2. The topological polar surface area (TPSA) is 54.7 Å². The van der Waals surface area contributed by atoms with Crippen molar-refractivity contribution in [1.29, 1.82) is 0 Å². The highest BCUT2D eigenvalue weighted by atomic mass is 19.1. The second-order valence-corrected chi connectivity index (χ2v) is 3.97. The van der Waals surface area contributed by atoms with Crippen molar-refractivity contribution >= 4 is 16.6 Å². The lowest BCUT2D eigenvalue weighted by Crippen LogP contribution is -1.90. The summed E-state index contributed by atoms with van der Waals surface area (Å²) in [5.74, 6) is -1.05. The fraction of sp³-hybridized carbons (Fsp3) is 0. The molecule has 0 spiro atoms. The molecular weight excluding hydrogens is 236 g/mol. The van der Waals surface area contributed by atoms with Gasteiger partial charge in [0.1, 0.15) is 17.3 Å². The Hall–Kier alpha value is -2.43. The minimum atomic E-state index is -0.534. The third-order valence-corrected chi connectivity index (χ3v) is 2.81. The largest absolute Gasteiger partial charge is 0.398 e. The second-order valence-electron chi connectivity index (χ2n) is 3.97. The molecule has 0 aliphatic heterocycles. The van der Waals surface area contributed by atoms with Gasteiger partial charge in [0, 0.05) is 11.3 Å². The maximum atomic E-state index is 13.7. The van der Waals surface area contributed by atoms with Crippen LogP contribution in [-0.2, 0) is 0 Å². The highest BCUT2D eigenvalue weighted by Gasteiger charge is 2.15. The smallest absolute Gasteiger partial charge is 0.132 e. The fourth-order valence-corrected chi connectivity index (χ4v) is 1.97. The number of benzene rings is 2. The average molecular weight is 245 g/mol. The Morgan fingerprint density at radius 2 is 1.94 bits per heavy atom. The van der Waals surface area contributed by atoms with E-state index in [1.54, 1.807) is 18.2 Å². The number of nitrogens with two attached hydrogens (primary N) is 1. The van der Waals surface area contributed by atoms with Crippen LogP contribution in [0.3, 0.4) is 0 Å². The summed E-state index contributed by atoms with van der Waals surface area (Å²) in [6.45, 7) is 0. The van der Waals surface area contributed by atoms with Crippen molar-refractivity contribution in [2.24, 2.45) is 0 Å². The van der Waals surface area contributed by atoms with Crippen LogP contribution in [0.1, 0.15) is 0 Å². The van der Waals surface area contributed by atoms with Crippen molar-refractivity contribution in [1.82, 2.24) is 10.2 Å². The number of nitrogens with zero attached hydrogens (tertiary/aromatic N) is 1. The first-order valence-electron chi connectivity index (χ1n) is 5.35. The van der Waals surface area contributed by atoms with Crippen molar-refractivity contribution in [2.75, 3.05) is 5.73 Å². The highest BCUT2D eigenvalue weighted by Crippen LogP contribution is 2.32. The van der Waals surface area contributed by atoms with Crippen LogP contribution < -0.4 is 5.73 Å². The number of fused-ring (bicyclic) bond motifs is 1. The van der Waals surface area contributed by atoms with Gasteiger partial charge in [-0.15, -0.1) is 0 Å². The number of anilines is 1. The van der Waals surface area contributed by atoms with Crippen LogP contribution in [-0.4, -0.2) is 10.2 Å². The average Bonchev–Trinajstić information content (AvgIpc) is 2.77. The molecule has 0 unspecified atom stereocenters. The summed E-state index contributed by atoms with van der Waals surface area (Å²) in [5.41, 5.74) is 7.43. The highest BCUT2D eigenvalue weighted by molar-refractivity contribution is 6.01. The Morgan fingerprint density at radius 3 is 2.78 bits per heavy atom. The molecule has 0 saturated heterocycles. The molecule has 90 valence electrons. The predicted molar refractivity (Wildman–Crippen MR) is 65.9 cm³/mol. The zero-order chi connectivity index (χ0) is 12.7. The van der Waals surface area contributed by atoms with E-state index < -0.39 is 11.6 Å². The lowest BCUT2D eigenvalue weighted by molar-refractivity contribution is 0.602. The van der Waals surface area contributed by atoms with Crippen molar-refractivity contribution in [3.8, 4) is 11.3 Å². The van der Waals surface area contributed by atoms with E-state index in [0.29, 0.717) is 22.3 Å². The fourth-order valence-electron chi connectivity index (χ4n) is 1.97. The number of rotatable bonds is 1. The number of nitrogens with one attached hydrogen (secondary N) is 1. The van der Waals surface area contributed by atoms with E-state index in [9.17, 15) is 8.78 Å². The molecule has 3 aromatic rings. The van der Waals surface area contributed by atoms with E-state index in [1.807, 2.05) is 0 Å². The van der Waals surface area contributed by atoms with Gasteiger partial charge in [-0.05, 0) is 30.3 Å². The van der Waals surface area contributed by atoms with Crippen molar-refractivity contribution < 1.29 is 8.78 Å². The number of nitrogen functional groups attached to an aromatic ring is 1. The minimum Gasteiger partial charge on any atom is -0.398 e. The van der Waals surface area contributed by atoms with Gasteiger partial charge in [0.2, 0.25) is 0 Å². The summed E-state index contributed by atoms with van der Waals surface area (Å²) < 4.78 is 26.9. The van der Waals surface area contributed by atoms with Crippen molar-refractivity contribution in [3.05, 3.63) is 48.0 Å². The van der Waals surface area contributed by atoms with E-state index in [2.05, 4.69) is 10.2 Å². The molecule has 3 N–H and O–H groups in total. The van der Waals surface area contributed by atoms with E-state index in [1.165, 1.54) is 0 Å². The molecule has 18 heavy (non-hydrogen) atoms. The molecule has 2 aromatic carbocycles. The molecule has 0 saturated carbocycles. The summed E-state index contributed by atoms with van der Waals surface area (Å²) in [7, 11) is 0. The van der Waals surface area contributed by atoms with Crippen LogP contribution in [0.15, 0.2) is 36.4 Å². The summed E-state index contributed by atoms with van der Waals surface area (Å²) >= 11 is 0. The summed E-state index contributed by atoms with van der Waals surface area (Å²) in [6.07, 6.45) is 0. The summed E-state index contributed by atoms with van der Waals surface area (Å²) in [6, 6.07) is 8.48. The molecule has 3 rings (SSSR count). The maximum Gasteiger partial charge on any atom is 0.132 e. The molecule has 0 fully saturated rings. The molecule has 1 aromatic heterocycles. The molecule has 1 heterocycles. The normalized spacial score (nSPS) is 11.0. The molecule has 0 radical (unpaired) electrons. The van der Waals surface area contributed by atoms with Gasteiger partial charge in [-0.25, -0.2) is 8.78 Å². The third-order valence-electron chi connectivity index (χ3n) is 2.81. The van der Waals surface area contributed by atoms with Gasteiger partial charge in [-0.3, -0.25) is 5.10 Å². The van der Waals surface area contributed by atoms with Crippen LogP contribution in [0.2, 0.25) is 0 Å². The second kappa shape index (κ2) is 3.80. The first-order valence-corrected chi connectivity index (χ1v) is 5.35. The quantitative estimate of drug-likeness (QED) is 0.647. The lowest BCUT2D eigenvalue weighted by Gasteiger charge is -2.02. The van der Waals surface area contributed by atoms with E-state index in [-0.39, 0.29) is 5.56 Å². The van der Waals surface area contributed by atoms with Gasteiger partial charge in [-0.2, -0.15) is 5.10 Å². The standard InChI is InChI=1S/C13H9F2N3/c14-7-4-5-9(15)8(6-7)13-12-10(16)2-1-3-11(12)17-18-13/h1-6H,16H2,(H,17,18). The first kappa shape index (κ1) is 10.7. The van der Waals surface area contributed by atoms with Crippen LogP contribution in [0.4, 0.5) is 14.5 Å². The number of H-pyrrole nitrogens is 1. The first-order chi connectivity index (χ1) is 8.66. The molecular formula is C13H9F2N3. The maximum absolute atomic E-state index is 13.7. The van der Waals surface area contributed by atoms with Crippen LogP contribution in [0.25, 0.3) is 22.2 Å². The molecule has 0 aliphatic carbocycles. The number of aromatic nitrogens is 2. The Kier molecular flexibility index (Phi) is 2.26. The summed E-state index contributed by atoms with van der Waals surface area (Å²) in [4.78, 5) is 0. The molecule has 0 amide bonds. The Labute approximate surface area is 101 Å². The van der Waals surface area contributed by atoms with Gasteiger partial charge in [0.15, 0.2) is 0 Å². The summed E-state index contributed by atoms with van der Waals surface area (Å²) in [5, 5.41) is 7.37. The molecule has 0 atom stereocenters. The zero-order valence-electron chi connectivity index (χ0n) is 9.24. The number of halogens is 2. The molecule has 5 heteroatoms. The lowest BCUT2D eigenvalue weighted by atomic mass is 10.1. The van der Waals surface area contributed by atoms with E-state index in [4.69, 9.17) is 5.73 Å². The van der Waals surface area contributed by atoms with Crippen LogP contribution in [0, 0.1) is 11.6 Å². The Bertz CT molecular complexity index is 734. The van der Waals surface area contributed by atoms with Gasteiger partial charge in [0.25, 0.3) is 0 Å². The molecule has 0 bridgehead atoms. The van der Waals surface area contributed by atoms with Crippen molar-refractivity contribution in [3.63, 3.8) is 0 Å². The monoisotopic (exact) mass is 245 g/mol. The van der Waals surface area contributed by atoms with E-state index >= 15 is 0 Å². The number of aromatic amines is 1. The third kappa shape index (κ3) is 1.52. The predicted octanol–water partition coefficient (Wildman–Crippen LogP) is 3.09. The van der Waals surface area contributed by atoms with Gasteiger partial charge >= 0.3 is 0 Å². The number of hydrogen-bond acceptors (Lipinski definition) is 2. The van der Waals surface area contributed by atoms with Gasteiger partial charge in [0.05, 0.1) is 10.9 Å². The van der Waals surface area contributed by atoms with E-state index in [0.717, 1.165) is 18.2 Å². The minimum absolute atomic E-state index is 0.0964. The van der Waals surface area contributed by atoms with Crippen LogP contribution >= 0.6 is 0 Å². The molecule has 0 aliphatic rings. The Morgan fingerprint density at radius 1 is 1.11 bits per heavy atom. The zero-order valence-corrected chi connectivity index (χ0v) is 9.24. The Balaban J connectivity index is 2.35. The van der Waals surface area contributed by atoms with Gasteiger partial charge in [-0.1, -0.05) is 6.07 Å². The van der Waals surface area contributed by atoms with Gasteiger partial charge < -0.3 is 5.73 Å². The SMILES string of the molecule is Nc1cccc2[nH]nc(-c3cc(F)ccc3F)c12. The van der Waals surface area contributed by atoms with Crippen molar-refractivity contribution in [2.45, 2.75) is 0 Å². The molecule has 3 nitrogen and oxygen atoms in total.